The van der Waals surface area contributed by atoms with Crippen LogP contribution in [0.2, 0.25) is 0 Å². The molecular formula is C14H19ClN2O5S. The summed E-state index contributed by atoms with van der Waals surface area (Å²) >= 11 is 0. The minimum atomic E-state index is -3.27. The van der Waals surface area contributed by atoms with Crippen molar-refractivity contribution in [1.29, 1.82) is 0 Å². The Morgan fingerprint density at radius 1 is 1.30 bits per heavy atom. The number of rotatable bonds is 5. The largest absolute Gasteiger partial charge is 0.480 e. The minimum Gasteiger partial charge on any atom is -0.480 e. The first-order valence-electron chi connectivity index (χ1n) is 6.84. The molecule has 0 aliphatic carbocycles. The molecule has 128 valence electrons. The number of hydrogen-bond acceptors (Lipinski definition) is 5. The van der Waals surface area contributed by atoms with Gasteiger partial charge in [-0.3, -0.25) is 14.5 Å². The highest BCUT2D eigenvalue weighted by molar-refractivity contribution is 7.90. The Morgan fingerprint density at radius 2 is 1.91 bits per heavy atom. The monoisotopic (exact) mass is 362 g/mol. The van der Waals surface area contributed by atoms with Crippen LogP contribution in [-0.2, 0) is 19.4 Å². The van der Waals surface area contributed by atoms with Crippen molar-refractivity contribution in [3.05, 3.63) is 24.3 Å². The molecule has 1 amide bonds. The molecule has 1 unspecified atom stereocenters. The first-order chi connectivity index (χ1) is 10.3. The Kier molecular flexibility index (Phi) is 6.55. The Labute approximate surface area is 141 Å². The molecule has 7 nitrogen and oxygen atoms in total. The summed E-state index contributed by atoms with van der Waals surface area (Å²) in [6.45, 7) is 0.586. The molecule has 0 bridgehead atoms. The lowest BCUT2D eigenvalue weighted by molar-refractivity contribution is -0.142. The fourth-order valence-corrected chi connectivity index (χ4v) is 3.10. The standard InChI is InChI=1S/C14H18N2O5S.ClH/c1-22(20,21)11-6-4-10(5-7-11)15-13(17)9-16-8-2-3-12(16)14(18)19;/h4-7,12H,2-3,8-9H2,1H3,(H,15,17)(H,18,19);1H. The second kappa shape index (κ2) is 7.76. The summed E-state index contributed by atoms with van der Waals surface area (Å²) in [5.74, 6) is -1.23. The topological polar surface area (TPSA) is 104 Å². The summed E-state index contributed by atoms with van der Waals surface area (Å²) in [6.07, 6.45) is 2.42. The molecule has 1 aliphatic heterocycles. The number of likely N-dealkylation sites (tertiary alicyclic amines) is 1. The van der Waals surface area contributed by atoms with Gasteiger partial charge in [0.15, 0.2) is 9.84 Å². The van der Waals surface area contributed by atoms with Crippen LogP contribution in [0.5, 0.6) is 0 Å². The van der Waals surface area contributed by atoms with Gasteiger partial charge in [-0.1, -0.05) is 0 Å². The first kappa shape index (κ1) is 19.4. The molecular weight excluding hydrogens is 344 g/mol. The van der Waals surface area contributed by atoms with E-state index in [4.69, 9.17) is 5.11 Å². The molecule has 0 saturated carbocycles. The molecule has 1 aromatic rings. The number of benzene rings is 1. The van der Waals surface area contributed by atoms with Crippen LogP contribution in [0.25, 0.3) is 0 Å². The molecule has 1 atom stereocenters. The van der Waals surface area contributed by atoms with Crippen molar-refractivity contribution in [1.82, 2.24) is 4.90 Å². The number of carbonyl (C=O) groups excluding carboxylic acids is 1. The third-order valence-electron chi connectivity index (χ3n) is 3.56. The lowest BCUT2D eigenvalue weighted by Crippen LogP contribution is -2.40. The maximum absolute atomic E-state index is 12.0. The van der Waals surface area contributed by atoms with E-state index in [0.29, 0.717) is 18.7 Å². The number of nitrogens with one attached hydrogen (secondary N) is 1. The fourth-order valence-electron chi connectivity index (χ4n) is 2.47. The van der Waals surface area contributed by atoms with Gasteiger partial charge >= 0.3 is 5.97 Å². The highest BCUT2D eigenvalue weighted by Gasteiger charge is 2.31. The third kappa shape index (κ3) is 5.19. The van der Waals surface area contributed by atoms with E-state index in [1.54, 1.807) is 4.90 Å². The van der Waals surface area contributed by atoms with Crippen molar-refractivity contribution in [3.63, 3.8) is 0 Å². The summed E-state index contributed by atoms with van der Waals surface area (Å²) in [4.78, 5) is 24.8. The predicted octanol–water partition coefficient (Wildman–Crippen LogP) is 0.999. The van der Waals surface area contributed by atoms with Crippen molar-refractivity contribution in [2.45, 2.75) is 23.8 Å². The molecule has 1 heterocycles. The van der Waals surface area contributed by atoms with E-state index in [1.165, 1.54) is 24.3 Å². The van der Waals surface area contributed by atoms with Crippen LogP contribution in [-0.4, -0.2) is 55.7 Å². The lowest BCUT2D eigenvalue weighted by atomic mass is 10.2. The van der Waals surface area contributed by atoms with Gasteiger partial charge in [0.05, 0.1) is 11.4 Å². The van der Waals surface area contributed by atoms with Crippen LogP contribution in [0.4, 0.5) is 5.69 Å². The Bertz CT molecular complexity index is 675. The predicted molar refractivity (Wildman–Crippen MR) is 87.7 cm³/mol. The second-order valence-corrected chi connectivity index (χ2v) is 7.33. The molecule has 1 saturated heterocycles. The Balaban J connectivity index is 0.00000264. The lowest BCUT2D eigenvalue weighted by Gasteiger charge is -2.20. The van der Waals surface area contributed by atoms with Crippen LogP contribution in [0.3, 0.4) is 0 Å². The molecule has 1 aromatic carbocycles. The number of sulfone groups is 1. The zero-order valence-electron chi connectivity index (χ0n) is 12.6. The average Bonchev–Trinajstić information content (AvgIpc) is 2.86. The van der Waals surface area contributed by atoms with Gasteiger partial charge in [-0.15, -0.1) is 12.4 Å². The van der Waals surface area contributed by atoms with Gasteiger partial charge in [0.1, 0.15) is 6.04 Å². The molecule has 23 heavy (non-hydrogen) atoms. The van der Waals surface area contributed by atoms with Gasteiger partial charge in [-0.05, 0) is 43.7 Å². The smallest absolute Gasteiger partial charge is 0.320 e. The van der Waals surface area contributed by atoms with Gasteiger partial charge in [0, 0.05) is 11.9 Å². The molecule has 0 aromatic heterocycles. The van der Waals surface area contributed by atoms with Crippen molar-refractivity contribution in [2.24, 2.45) is 0 Å². The first-order valence-corrected chi connectivity index (χ1v) is 8.73. The molecule has 1 aliphatic rings. The van der Waals surface area contributed by atoms with Crippen LogP contribution < -0.4 is 5.32 Å². The number of amides is 1. The highest BCUT2D eigenvalue weighted by atomic mass is 35.5. The number of aliphatic carboxylic acids is 1. The van der Waals surface area contributed by atoms with Crippen molar-refractivity contribution >= 4 is 39.8 Å². The van der Waals surface area contributed by atoms with Gasteiger partial charge < -0.3 is 10.4 Å². The van der Waals surface area contributed by atoms with Gasteiger partial charge in [-0.25, -0.2) is 8.42 Å². The minimum absolute atomic E-state index is 0. The number of hydrogen-bond donors (Lipinski definition) is 2. The van der Waals surface area contributed by atoms with Gasteiger partial charge in [0.2, 0.25) is 5.91 Å². The number of carbonyl (C=O) groups is 2. The quantitative estimate of drug-likeness (QED) is 0.809. The summed E-state index contributed by atoms with van der Waals surface area (Å²) in [7, 11) is -3.27. The van der Waals surface area contributed by atoms with E-state index >= 15 is 0 Å². The summed E-state index contributed by atoms with van der Waals surface area (Å²) in [6, 6.07) is 5.24. The zero-order valence-corrected chi connectivity index (χ0v) is 14.2. The van der Waals surface area contributed by atoms with Crippen molar-refractivity contribution < 1.29 is 23.1 Å². The average molecular weight is 363 g/mol. The molecule has 1 fully saturated rings. The normalized spacial score (nSPS) is 18.2. The molecule has 9 heteroatoms. The molecule has 2 N–H and O–H groups in total. The van der Waals surface area contributed by atoms with Crippen molar-refractivity contribution in [2.75, 3.05) is 24.7 Å². The van der Waals surface area contributed by atoms with Gasteiger partial charge in [0.25, 0.3) is 0 Å². The highest BCUT2D eigenvalue weighted by Crippen LogP contribution is 2.18. The summed E-state index contributed by atoms with van der Waals surface area (Å²) < 4.78 is 22.7. The summed E-state index contributed by atoms with van der Waals surface area (Å²) in [5.41, 5.74) is 0.475. The number of anilines is 1. The number of carboxylic acid groups (broad SMARTS) is 1. The van der Waals surface area contributed by atoms with E-state index in [2.05, 4.69) is 5.32 Å². The van der Waals surface area contributed by atoms with E-state index in [9.17, 15) is 18.0 Å². The van der Waals surface area contributed by atoms with E-state index in [0.717, 1.165) is 12.7 Å². The summed E-state index contributed by atoms with van der Waals surface area (Å²) in [5, 5.41) is 11.7. The van der Waals surface area contributed by atoms with E-state index < -0.39 is 21.8 Å². The molecule has 2 rings (SSSR count). The van der Waals surface area contributed by atoms with E-state index in [-0.39, 0.29) is 29.8 Å². The van der Waals surface area contributed by atoms with Crippen LogP contribution in [0.1, 0.15) is 12.8 Å². The third-order valence-corrected chi connectivity index (χ3v) is 4.69. The zero-order chi connectivity index (χ0) is 16.3. The Hall–Kier alpha value is -1.64. The Morgan fingerprint density at radius 3 is 2.43 bits per heavy atom. The second-order valence-electron chi connectivity index (χ2n) is 5.31. The number of carboxylic acids is 1. The van der Waals surface area contributed by atoms with Crippen LogP contribution in [0, 0.1) is 0 Å². The van der Waals surface area contributed by atoms with Crippen molar-refractivity contribution in [3.8, 4) is 0 Å². The van der Waals surface area contributed by atoms with E-state index in [1.807, 2.05) is 0 Å². The number of halogens is 1. The molecule has 0 spiro atoms. The van der Waals surface area contributed by atoms with Gasteiger partial charge in [-0.2, -0.15) is 0 Å². The fraction of sp³-hybridized carbons (Fsp3) is 0.429. The molecule has 0 radical (unpaired) electrons. The van der Waals surface area contributed by atoms with Crippen LogP contribution in [0.15, 0.2) is 29.2 Å². The maximum Gasteiger partial charge on any atom is 0.320 e. The van der Waals surface area contributed by atoms with Crippen LogP contribution >= 0.6 is 12.4 Å². The number of nitrogens with zero attached hydrogens (tertiary/aromatic N) is 1. The SMILES string of the molecule is CS(=O)(=O)c1ccc(NC(=O)CN2CCCC2C(=O)O)cc1.Cl. The maximum atomic E-state index is 12.0.